The molecule has 23 heavy (non-hydrogen) atoms. The summed E-state index contributed by atoms with van der Waals surface area (Å²) in [6, 6.07) is 9.82. The summed E-state index contributed by atoms with van der Waals surface area (Å²) in [6.45, 7) is 7.08. The van der Waals surface area contributed by atoms with Gasteiger partial charge in [-0.25, -0.2) is 9.78 Å². The normalized spacial score (nSPS) is 12.0. The minimum absolute atomic E-state index is 0.0151. The van der Waals surface area contributed by atoms with E-state index in [9.17, 15) is 4.79 Å². The van der Waals surface area contributed by atoms with Crippen LogP contribution in [0.5, 0.6) is 0 Å². The Labute approximate surface area is 135 Å². The van der Waals surface area contributed by atoms with Crippen LogP contribution in [0.1, 0.15) is 20.8 Å². The molecule has 0 saturated heterocycles. The second-order valence-electron chi connectivity index (χ2n) is 7.16. The second kappa shape index (κ2) is 5.26. The minimum Gasteiger partial charge on any atom is -0.384 e. The van der Waals surface area contributed by atoms with Gasteiger partial charge in [-0.15, -0.1) is 0 Å². The average Bonchev–Trinajstić information content (AvgIpc) is 2.71. The van der Waals surface area contributed by atoms with Crippen LogP contribution in [0.15, 0.2) is 41.3 Å². The van der Waals surface area contributed by atoms with E-state index in [0.717, 1.165) is 22.2 Å². The predicted molar refractivity (Wildman–Crippen MR) is 94.3 cm³/mol. The molecule has 0 saturated carbocycles. The molecule has 0 aliphatic carbocycles. The van der Waals surface area contributed by atoms with Crippen LogP contribution in [-0.4, -0.2) is 14.1 Å². The summed E-state index contributed by atoms with van der Waals surface area (Å²) in [4.78, 5) is 16.6. The molecule has 5 nitrogen and oxygen atoms in total. The van der Waals surface area contributed by atoms with Crippen LogP contribution in [-0.2, 0) is 13.6 Å². The summed E-state index contributed by atoms with van der Waals surface area (Å²) < 4.78 is 3.55. The van der Waals surface area contributed by atoms with Gasteiger partial charge in [-0.3, -0.25) is 9.13 Å². The summed E-state index contributed by atoms with van der Waals surface area (Å²) in [5, 5.41) is 0. The van der Waals surface area contributed by atoms with E-state index in [0.29, 0.717) is 12.4 Å². The van der Waals surface area contributed by atoms with E-state index >= 15 is 0 Å². The Bertz CT molecular complexity index is 928. The van der Waals surface area contributed by atoms with Gasteiger partial charge in [0.15, 0.2) is 0 Å². The van der Waals surface area contributed by atoms with Crippen LogP contribution < -0.4 is 11.4 Å². The van der Waals surface area contributed by atoms with Crippen LogP contribution in [0.4, 0.5) is 5.82 Å². The van der Waals surface area contributed by atoms with Gasteiger partial charge < -0.3 is 5.73 Å². The van der Waals surface area contributed by atoms with Gasteiger partial charge in [0.1, 0.15) is 5.82 Å². The molecule has 0 amide bonds. The molecule has 5 heteroatoms. The van der Waals surface area contributed by atoms with Crippen LogP contribution in [0.2, 0.25) is 0 Å². The molecule has 0 bridgehead atoms. The summed E-state index contributed by atoms with van der Waals surface area (Å²) in [7, 11) is 1.81. The van der Waals surface area contributed by atoms with E-state index in [1.807, 2.05) is 41.9 Å². The number of aromatic nitrogens is 3. The van der Waals surface area contributed by atoms with Gasteiger partial charge in [-0.2, -0.15) is 0 Å². The van der Waals surface area contributed by atoms with Crippen molar-refractivity contribution >= 4 is 16.9 Å². The van der Waals surface area contributed by atoms with Gasteiger partial charge >= 0.3 is 5.69 Å². The van der Waals surface area contributed by atoms with Gasteiger partial charge in [-0.1, -0.05) is 26.8 Å². The molecule has 2 heterocycles. The van der Waals surface area contributed by atoms with Crippen LogP contribution >= 0.6 is 0 Å². The molecule has 0 radical (unpaired) electrons. The van der Waals surface area contributed by atoms with Gasteiger partial charge in [0.25, 0.3) is 0 Å². The fraction of sp³-hybridized carbons (Fsp3) is 0.333. The van der Waals surface area contributed by atoms with Crippen LogP contribution in [0.25, 0.3) is 22.2 Å². The first kappa shape index (κ1) is 15.3. The lowest BCUT2D eigenvalue weighted by Crippen LogP contribution is -2.27. The lowest BCUT2D eigenvalue weighted by Gasteiger charge is -2.18. The average molecular weight is 310 g/mol. The zero-order valence-corrected chi connectivity index (χ0v) is 14.0. The summed E-state index contributed by atoms with van der Waals surface area (Å²) in [5.41, 5.74) is 9.72. The topological polar surface area (TPSA) is 65.8 Å². The van der Waals surface area contributed by atoms with Crippen molar-refractivity contribution in [3.05, 3.63) is 47.0 Å². The van der Waals surface area contributed by atoms with Crippen molar-refractivity contribution in [3.8, 4) is 11.1 Å². The van der Waals surface area contributed by atoms with Crippen LogP contribution in [0.3, 0.4) is 0 Å². The molecule has 2 N–H and O–H groups in total. The molecule has 3 rings (SSSR count). The molecule has 0 fully saturated rings. The van der Waals surface area contributed by atoms with Crippen molar-refractivity contribution in [1.82, 2.24) is 14.1 Å². The Balaban J connectivity index is 2.18. The molecule has 3 aromatic rings. The number of hydrogen-bond donors (Lipinski definition) is 1. The first-order valence-electron chi connectivity index (χ1n) is 7.67. The maximum absolute atomic E-state index is 12.6. The van der Waals surface area contributed by atoms with Crippen molar-refractivity contribution in [2.45, 2.75) is 27.3 Å². The Morgan fingerprint density at radius 2 is 1.78 bits per heavy atom. The van der Waals surface area contributed by atoms with E-state index in [-0.39, 0.29) is 11.1 Å². The number of benzene rings is 1. The van der Waals surface area contributed by atoms with Gasteiger partial charge in [0.2, 0.25) is 0 Å². The lowest BCUT2D eigenvalue weighted by atomic mass is 9.97. The number of hydrogen-bond acceptors (Lipinski definition) is 3. The Hall–Kier alpha value is -2.56. The number of nitrogen functional groups attached to an aromatic ring is 1. The number of anilines is 1. The summed E-state index contributed by atoms with van der Waals surface area (Å²) in [5.74, 6) is 0.488. The number of rotatable bonds is 2. The van der Waals surface area contributed by atoms with Crippen molar-refractivity contribution in [2.75, 3.05) is 5.73 Å². The van der Waals surface area contributed by atoms with Crippen molar-refractivity contribution in [3.63, 3.8) is 0 Å². The monoisotopic (exact) mass is 310 g/mol. The number of pyridine rings is 1. The van der Waals surface area contributed by atoms with Crippen molar-refractivity contribution in [1.29, 1.82) is 0 Å². The third-order valence-corrected chi connectivity index (χ3v) is 3.89. The third kappa shape index (κ3) is 2.86. The first-order valence-corrected chi connectivity index (χ1v) is 7.67. The standard InChI is InChI=1S/C18H22N4O/c1-18(2,3)11-22-14-6-5-12(9-15(14)21(4)17(22)23)13-7-8-20-16(19)10-13/h5-10H,11H2,1-4H3,(H2,19,20). The number of aryl methyl sites for hydroxylation is 1. The Morgan fingerprint density at radius 3 is 2.43 bits per heavy atom. The fourth-order valence-electron chi connectivity index (χ4n) is 2.84. The fourth-order valence-corrected chi connectivity index (χ4v) is 2.84. The molecule has 0 aliphatic rings. The van der Waals surface area contributed by atoms with Crippen molar-refractivity contribution < 1.29 is 0 Å². The van der Waals surface area contributed by atoms with Gasteiger partial charge in [-0.05, 0) is 40.8 Å². The zero-order valence-electron chi connectivity index (χ0n) is 14.0. The molecule has 0 aliphatic heterocycles. The van der Waals surface area contributed by atoms with E-state index in [1.165, 1.54) is 0 Å². The SMILES string of the molecule is Cn1c(=O)n(CC(C)(C)C)c2ccc(-c3ccnc(N)c3)cc21. The minimum atomic E-state index is 0.0151. The largest absolute Gasteiger partial charge is 0.384 e. The highest BCUT2D eigenvalue weighted by Crippen LogP contribution is 2.26. The van der Waals surface area contributed by atoms with Crippen LogP contribution in [0, 0.1) is 5.41 Å². The zero-order chi connectivity index (χ0) is 16.8. The quantitative estimate of drug-likeness (QED) is 0.791. The summed E-state index contributed by atoms with van der Waals surface area (Å²) in [6.07, 6.45) is 1.69. The molecule has 1 aromatic carbocycles. The smallest absolute Gasteiger partial charge is 0.328 e. The van der Waals surface area contributed by atoms with Crippen molar-refractivity contribution in [2.24, 2.45) is 12.5 Å². The highest BCUT2D eigenvalue weighted by molar-refractivity contribution is 5.83. The van der Waals surface area contributed by atoms with E-state index in [1.54, 1.807) is 10.8 Å². The highest BCUT2D eigenvalue weighted by atomic mass is 16.1. The Morgan fingerprint density at radius 1 is 1.09 bits per heavy atom. The molecular weight excluding hydrogens is 288 g/mol. The Kier molecular flexibility index (Phi) is 3.51. The number of nitrogens with zero attached hydrogens (tertiary/aromatic N) is 3. The summed E-state index contributed by atoms with van der Waals surface area (Å²) >= 11 is 0. The number of imidazole rings is 1. The number of nitrogens with two attached hydrogens (primary N) is 1. The maximum Gasteiger partial charge on any atom is 0.328 e. The molecule has 0 spiro atoms. The van der Waals surface area contributed by atoms with E-state index in [4.69, 9.17) is 5.73 Å². The molecule has 0 atom stereocenters. The third-order valence-electron chi connectivity index (χ3n) is 3.89. The first-order chi connectivity index (χ1) is 10.8. The number of fused-ring (bicyclic) bond motifs is 1. The van der Waals surface area contributed by atoms with Gasteiger partial charge in [0.05, 0.1) is 11.0 Å². The molecule has 120 valence electrons. The molecular formula is C18H22N4O. The lowest BCUT2D eigenvalue weighted by molar-refractivity contribution is 0.342. The predicted octanol–water partition coefficient (Wildman–Crippen LogP) is 3.03. The van der Waals surface area contributed by atoms with E-state index in [2.05, 4.69) is 25.8 Å². The van der Waals surface area contributed by atoms with Gasteiger partial charge in [0, 0.05) is 19.8 Å². The second-order valence-corrected chi connectivity index (χ2v) is 7.16. The highest BCUT2D eigenvalue weighted by Gasteiger charge is 2.18. The van der Waals surface area contributed by atoms with E-state index < -0.39 is 0 Å². The maximum atomic E-state index is 12.6. The molecule has 0 unspecified atom stereocenters. The molecule has 2 aromatic heterocycles.